The van der Waals surface area contributed by atoms with Crippen molar-refractivity contribution in [1.29, 1.82) is 0 Å². The van der Waals surface area contributed by atoms with Gasteiger partial charge < -0.3 is 5.11 Å². The first-order chi connectivity index (χ1) is 8.25. The number of halogens is 3. The van der Waals surface area contributed by atoms with Crippen LogP contribution in [-0.4, -0.2) is 35.5 Å². The van der Waals surface area contributed by atoms with Gasteiger partial charge in [0.25, 0.3) is 0 Å². The van der Waals surface area contributed by atoms with Crippen LogP contribution in [0.2, 0.25) is 0 Å². The maximum atomic E-state index is 12.5. The Kier molecular flexibility index (Phi) is 4.53. The standard InChI is InChI=1S/C13H16F3NO/c1-12(18,13(14,15)16)17(2)10-6-9-11-7-4-3-5-8-11/h3-9,18H,10H2,1-2H3/b9-6+/t12-/m0/s1. The van der Waals surface area contributed by atoms with Gasteiger partial charge in [-0.1, -0.05) is 42.5 Å². The summed E-state index contributed by atoms with van der Waals surface area (Å²) in [6.45, 7) is 0.741. The van der Waals surface area contributed by atoms with E-state index in [2.05, 4.69) is 0 Å². The summed E-state index contributed by atoms with van der Waals surface area (Å²) >= 11 is 0. The molecule has 0 bridgehead atoms. The maximum absolute atomic E-state index is 12.5. The summed E-state index contributed by atoms with van der Waals surface area (Å²) in [5, 5.41) is 9.38. The van der Waals surface area contributed by atoms with Crippen molar-refractivity contribution in [2.75, 3.05) is 13.6 Å². The second-order valence-corrected chi connectivity index (χ2v) is 4.21. The highest BCUT2D eigenvalue weighted by atomic mass is 19.4. The van der Waals surface area contributed by atoms with Crippen molar-refractivity contribution in [2.24, 2.45) is 0 Å². The molecule has 0 aliphatic rings. The van der Waals surface area contributed by atoms with E-state index in [1.165, 1.54) is 7.05 Å². The smallest absolute Gasteiger partial charge is 0.368 e. The number of likely N-dealkylation sites (N-methyl/N-ethyl adjacent to an activating group) is 1. The van der Waals surface area contributed by atoms with E-state index in [9.17, 15) is 18.3 Å². The first-order valence-corrected chi connectivity index (χ1v) is 5.47. The summed E-state index contributed by atoms with van der Waals surface area (Å²) in [6, 6.07) is 9.24. The molecule has 5 heteroatoms. The van der Waals surface area contributed by atoms with Crippen LogP contribution in [0.5, 0.6) is 0 Å². The van der Waals surface area contributed by atoms with Crippen molar-refractivity contribution in [3.05, 3.63) is 42.0 Å². The van der Waals surface area contributed by atoms with Gasteiger partial charge in [-0.25, -0.2) is 0 Å². The topological polar surface area (TPSA) is 23.5 Å². The highest BCUT2D eigenvalue weighted by Gasteiger charge is 2.52. The molecule has 0 saturated heterocycles. The molecule has 0 heterocycles. The van der Waals surface area contributed by atoms with Crippen LogP contribution in [0.25, 0.3) is 6.08 Å². The molecule has 100 valence electrons. The summed E-state index contributed by atoms with van der Waals surface area (Å²) in [7, 11) is 1.23. The van der Waals surface area contributed by atoms with Crippen molar-refractivity contribution >= 4 is 6.08 Å². The molecule has 0 aromatic heterocycles. The normalized spacial score (nSPS) is 16.2. The van der Waals surface area contributed by atoms with Gasteiger partial charge in [0.1, 0.15) is 0 Å². The number of hydrogen-bond acceptors (Lipinski definition) is 2. The number of hydrogen-bond donors (Lipinski definition) is 1. The summed E-state index contributed by atoms with van der Waals surface area (Å²) in [5.74, 6) is 0. The third-order valence-corrected chi connectivity index (χ3v) is 2.77. The molecule has 0 unspecified atom stereocenters. The monoisotopic (exact) mass is 259 g/mol. The van der Waals surface area contributed by atoms with Crippen molar-refractivity contribution in [3.63, 3.8) is 0 Å². The summed E-state index contributed by atoms with van der Waals surface area (Å²) in [4.78, 5) is 0.840. The van der Waals surface area contributed by atoms with Gasteiger partial charge in [0.2, 0.25) is 5.72 Å². The zero-order valence-corrected chi connectivity index (χ0v) is 10.3. The molecule has 1 N–H and O–H groups in total. The maximum Gasteiger partial charge on any atom is 0.430 e. The lowest BCUT2D eigenvalue weighted by molar-refractivity contribution is -0.301. The Morgan fingerprint density at radius 3 is 2.28 bits per heavy atom. The van der Waals surface area contributed by atoms with E-state index in [-0.39, 0.29) is 6.54 Å². The predicted molar refractivity (Wildman–Crippen MR) is 64.8 cm³/mol. The third-order valence-electron chi connectivity index (χ3n) is 2.77. The highest BCUT2D eigenvalue weighted by molar-refractivity contribution is 5.48. The molecule has 0 saturated carbocycles. The number of aliphatic hydroxyl groups is 1. The van der Waals surface area contributed by atoms with Crippen molar-refractivity contribution in [1.82, 2.24) is 4.90 Å². The van der Waals surface area contributed by atoms with Gasteiger partial charge in [-0.3, -0.25) is 4.90 Å². The van der Waals surface area contributed by atoms with Gasteiger partial charge in [-0.2, -0.15) is 13.2 Å². The molecule has 18 heavy (non-hydrogen) atoms. The van der Waals surface area contributed by atoms with Gasteiger partial charge in [0, 0.05) is 6.54 Å². The van der Waals surface area contributed by atoms with Crippen molar-refractivity contribution in [3.8, 4) is 0 Å². The van der Waals surface area contributed by atoms with Crippen LogP contribution in [0, 0.1) is 0 Å². The molecular weight excluding hydrogens is 243 g/mol. The molecule has 0 fully saturated rings. The van der Waals surface area contributed by atoms with Crippen LogP contribution in [-0.2, 0) is 0 Å². The largest absolute Gasteiger partial charge is 0.430 e. The van der Waals surface area contributed by atoms with Crippen LogP contribution >= 0.6 is 0 Å². The van der Waals surface area contributed by atoms with E-state index >= 15 is 0 Å². The summed E-state index contributed by atoms with van der Waals surface area (Å²) < 4.78 is 37.6. The minimum atomic E-state index is -4.68. The SMILES string of the molecule is CN(C/C=C/c1ccccc1)[C@@](C)(O)C(F)(F)F. The van der Waals surface area contributed by atoms with E-state index in [1.54, 1.807) is 12.2 Å². The van der Waals surface area contributed by atoms with Crippen LogP contribution in [0.15, 0.2) is 36.4 Å². The van der Waals surface area contributed by atoms with Crippen molar-refractivity contribution < 1.29 is 18.3 Å². The van der Waals surface area contributed by atoms with E-state index in [4.69, 9.17) is 0 Å². The second-order valence-electron chi connectivity index (χ2n) is 4.21. The molecular formula is C13H16F3NO. The molecule has 1 aromatic rings. The molecule has 1 aromatic carbocycles. The van der Waals surface area contributed by atoms with Crippen LogP contribution in [0.4, 0.5) is 13.2 Å². The molecule has 0 aliphatic heterocycles. The zero-order chi connectivity index (χ0) is 13.8. The molecule has 0 aliphatic carbocycles. The van der Waals surface area contributed by atoms with Gasteiger partial charge >= 0.3 is 6.18 Å². The Labute approximate surface area is 104 Å². The lowest BCUT2D eigenvalue weighted by Crippen LogP contribution is -2.55. The Morgan fingerprint density at radius 1 is 1.22 bits per heavy atom. The van der Waals surface area contributed by atoms with Gasteiger partial charge in [-0.05, 0) is 19.5 Å². The molecule has 0 amide bonds. The average Bonchev–Trinajstić information content (AvgIpc) is 2.28. The Hall–Kier alpha value is -1.33. The fourth-order valence-corrected chi connectivity index (χ4v) is 1.31. The van der Waals surface area contributed by atoms with E-state index < -0.39 is 11.9 Å². The minimum absolute atomic E-state index is 0.00139. The molecule has 0 spiro atoms. The van der Waals surface area contributed by atoms with Crippen LogP contribution < -0.4 is 0 Å². The predicted octanol–water partition coefficient (Wildman–Crippen LogP) is 2.90. The van der Waals surface area contributed by atoms with Crippen molar-refractivity contribution in [2.45, 2.75) is 18.8 Å². The molecule has 1 rings (SSSR count). The first-order valence-electron chi connectivity index (χ1n) is 5.47. The number of alkyl halides is 3. The molecule has 0 radical (unpaired) electrons. The zero-order valence-electron chi connectivity index (χ0n) is 10.3. The van der Waals surface area contributed by atoms with Crippen LogP contribution in [0.1, 0.15) is 12.5 Å². The number of nitrogens with zero attached hydrogens (tertiary/aromatic N) is 1. The molecule has 2 nitrogen and oxygen atoms in total. The fourth-order valence-electron chi connectivity index (χ4n) is 1.31. The van der Waals surface area contributed by atoms with Crippen LogP contribution in [0.3, 0.4) is 0 Å². The Balaban J connectivity index is 2.62. The lowest BCUT2D eigenvalue weighted by Gasteiger charge is -2.34. The minimum Gasteiger partial charge on any atom is -0.368 e. The number of rotatable bonds is 4. The van der Waals surface area contributed by atoms with Gasteiger partial charge in [0.15, 0.2) is 0 Å². The first kappa shape index (κ1) is 14.7. The Morgan fingerprint density at radius 2 is 1.78 bits per heavy atom. The molecule has 1 atom stereocenters. The fraction of sp³-hybridized carbons (Fsp3) is 0.385. The summed E-state index contributed by atoms with van der Waals surface area (Å²) in [5.41, 5.74) is -1.92. The highest BCUT2D eigenvalue weighted by Crippen LogP contribution is 2.31. The van der Waals surface area contributed by atoms with Gasteiger partial charge in [0.05, 0.1) is 0 Å². The lowest BCUT2D eigenvalue weighted by atomic mass is 10.2. The third kappa shape index (κ3) is 3.58. The average molecular weight is 259 g/mol. The Bertz CT molecular complexity index is 398. The second kappa shape index (κ2) is 5.54. The quantitative estimate of drug-likeness (QED) is 0.840. The van der Waals surface area contributed by atoms with Gasteiger partial charge in [-0.15, -0.1) is 0 Å². The summed E-state index contributed by atoms with van der Waals surface area (Å²) in [6.07, 6.45) is -1.39. The van der Waals surface area contributed by atoms with E-state index in [0.29, 0.717) is 0 Å². The number of benzene rings is 1. The van der Waals surface area contributed by atoms with E-state index in [1.807, 2.05) is 30.3 Å². The van der Waals surface area contributed by atoms with E-state index in [0.717, 1.165) is 17.4 Å².